The molecule has 1 aromatic heterocycles. The minimum Gasteiger partial charge on any atom is -0.394 e. The Hall–Kier alpha value is -1.23. The van der Waals surface area contributed by atoms with Crippen molar-refractivity contribution >= 4 is 11.5 Å². The van der Waals surface area contributed by atoms with Gasteiger partial charge >= 0.3 is 0 Å². The van der Waals surface area contributed by atoms with Gasteiger partial charge in [-0.2, -0.15) is 5.10 Å². The van der Waals surface area contributed by atoms with Gasteiger partial charge in [0.1, 0.15) is 0 Å². The van der Waals surface area contributed by atoms with Crippen LogP contribution < -0.4 is 11.1 Å². The second-order valence-corrected chi connectivity index (χ2v) is 3.73. The summed E-state index contributed by atoms with van der Waals surface area (Å²) in [5.41, 5.74) is 6.46. The van der Waals surface area contributed by atoms with Gasteiger partial charge in [0.15, 0.2) is 5.82 Å². The predicted octanol–water partition coefficient (Wildman–Crippen LogP) is 0.120. The van der Waals surface area contributed by atoms with Crippen LogP contribution in [0.2, 0.25) is 0 Å². The molecule has 5 nitrogen and oxygen atoms in total. The number of hydrogen-bond donors (Lipinski definition) is 2. The van der Waals surface area contributed by atoms with Crippen LogP contribution in [0.15, 0.2) is 6.20 Å². The van der Waals surface area contributed by atoms with E-state index < -0.39 is 0 Å². The molecule has 1 fully saturated rings. The summed E-state index contributed by atoms with van der Waals surface area (Å²) in [7, 11) is 1.87. The van der Waals surface area contributed by atoms with Gasteiger partial charge in [0.2, 0.25) is 0 Å². The number of nitrogens with zero attached hydrogens (tertiary/aromatic N) is 3. The van der Waals surface area contributed by atoms with Gasteiger partial charge in [0.05, 0.1) is 5.69 Å². The molecule has 0 aliphatic carbocycles. The first kappa shape index (κ1) is 9.33. The van der Waals surface area contributed by atoms with Gasteiger partial charge < -0.3 is 16.0 Å². The highest BCUT2D eigenvalue weighted by Gasteiger charge is 2.12. The van der Waals surface area contributed by atoms with Gasteiger partial charge in [-0.3, -0.25) is 4.68 Å². The van der Waals surface area contributed by atoms with Crippen LogP contribution in [0.25, 0.3) is 0 Å². The Morgan fingerprint density at radius 1 is 1.57 bits per heavy atom. The number of aryl methyl sites for hydroxylation is 1. The quantitative estimate of drug-likeness (QED) is 0.716. The van der Waals surface area contributed by atoms with Crippen LogP contribution >= 0.6 is 0 Å². The van der Waals surface area contributed by atoms with Gasteiger partial charge in [-0.25, -0.2) is 0 Å². The lowest BCUT2D eigenvalue weighted by Crippen LogP contribution is -2.40. The molecule has 1 aromatic rings. The third-order valence-electron chi connectivity index (χ3n) is 2.53. The van der Waals surface area contributed by atoms with E-state index >= 15 is 0 Å². The van der Waals surface area contributed by atoms with E-state index in [1.165, 1.54) is 19.5 Å². The largest absolute Gasteiger partial charge is 0.394 e. The second kappa shape index (κ2) is 3.88. The van der Waals surface area contributed by atoms with Crippen molar-refractivity contribution in [1.29, 1.82) is 0 Å². The highest BCUT2D eigenvalue weighted by molar-refractivity contribution is 5.59. The van der Waals surface area contributed by atoms with E-state index in [9.17, 15) is 0 Å². The van der Waals surface area contributed by atoms with Crippen molar-refractivity contribution < 1.29 is 0 Å². The zero-order chi connectivity index (χ0) is 9.97. The van der Waals surface area contributed by atoms with Crippen molar-refractivity contribution in [3.63, 3.8) is 0 Å². The number of rotatable bonds is 4. The Labute approximate surface area is 83.9 Å². The third kappa shape index (κ3) is 1.98. The molecule has 0 radical (unpaired) electrons. The van der Waals surface area contributed by atoms with Crippen molar-refractivity contribution in [3.8, 4) is 0 Å². The van der Waals surface area contributed by atoms with Crippen molar-refractivity contribution in [2.24, 2.45) is 7.05 Å². The first-order valence-corrected chi connectivity index (χ1v) is 5.01. The first-order valence-electron chi connectivity index (χ1n) is 5.01. The number of anilines is 2. The molecule has 5 heteroatoms. The zero-order valence-corrected chi connectivity index (χ0v) is 8.53. The van der Waals surface area contributed by atoms with E-state index in [0.717, 1.165) is 24.6 Å². The Balaban J connectivity index is 1.76. The molecule has 0 atom stereocenters. The lowest BCUT2D eigenvalue weighted by Gasteiger charge is -2.30. The van der Waals surface area contributed by atoms with Crippen molar-refractivity contribution in [3.05, 3.63) is 6.20 Å². The van der Waals surface area contributed by atoms with Crippen molar-refractivity contribution in [1.82, 2.24) is 14.7 Å². The first-order chi connectivity index (χ1) is 6.75. The molecule has 0 saturated carbocycles. The van der Waals surface area contributed by atoms with E-state index in [0.29, 0.717) is 0 Å². The smallest absolute Gasteiger partial charge is 0.171 e. The van der Waals surface area contributed by atoms with Gasteiger partial charge in [0, 0.05) is 26.3 Å². The lowest BCUT2D eigenvalue weighted by atomic mass is 10.2. The molecule has 1 aliphatic rings. The van der Waals surface area contributed by atoms with E-state index in [1.807, 2.05) is 13.2 Å². The normalized spacial score (nSPS) is 16.6. The monoisotopic (exact) mass is 195 g/mol. The Morgan fingerprint density at radius 2 is 2.36 bits per heavy atom. The standard InChI is InChI=1S/C9H17N5/c1-13-7-8(10)9(12-13)11-3-6-14-4-2-5-14/h7H,2-6,10H2,1H3,(H,11,12). The summed E-state index contributed by atoms with van der Waals surface area (Å²) in [5.74, 6) is 0.799. The van der Waals surface area contributed by atoms with Crippen LogP contribution in [0, 0.1) is 0 Å². The molecule has 0 amide bonds. The zero-order valence-electron chi connectivity index (χ0n) is 8.53. The van der Waals surface area contributed by atoms with Gasteiger partial charge in [0.25, 0.3) is 0 Å². The summed E-state index contributed by atoms with van der Waals surface area (Å²) < 4.78 is 1.72. The molecule has 1 aliphatic heterocycles. The van der Waals surface area contributed by atoms with Gasteiger partial charge in [-0.1, -0.05) is 0 Å². The maximum absolute atomic E-state index is 5.75. The molecule has 2 heterocycles. The number of aromatic nitrogens is 2. The molecule has 3 N–H and O–H groups in total. The maximum atomic E-state index is 5.75. The van der Waals surface area contributed by atoms with Crippen molar-refractivity contribution in [2.75, 3.05) is 37.2 Å². The molecular weight excluding hydrogens is 178 g/mol. The number of nitrogens with two attached hydrogens (primary N) is 1. The van der Waals surface area contributed by atoms with E-state index in [-0.39, 0.29) is 0 Å². The highest BCUT2D eigenvalue weighted by atomic mass is 15.3. The molecular formula is C9H17N5. The molecule has 0 spiro atoms. The van der Waals surface area contributed by atoms with Crippen LogP contribution in [-0.4, -0.2) is 40.9 Å². The summed E-state index contributed by atoms with van der Waals surface area (Å²) in [6.45, 7) is 4.47. The second-order valence-electron chi connectivity index (χ2n) is 3.73. The number of hydrogen-bond acceptors (Lipinski definition) is 4. The molecule has 14 heavy (non-hydrogen) atoms. The molecule has 78 valence electrons. The Morgan fingerprint density at radius 3 is 2.86 bits per heavy atom. The molecule has 1 saturated heterocycles. The molecule has 2 rings (SSSR count). The fourth-order valence-corrected chi connectivity index (χ4v) is 1.58. The van der Waals surface area contributed by atoms with E-state index in [4.69, 9.17) is 5.73 Å². The van der Waals surface area contributed by atoms with Gasteiger partial charge in [-0.05, 0) is 19.5 Å². The molecule has 0 aromatic carbocycles. The Kier molecular flexibility index (Phi) is 2.58. The fraction of sp³-hybridized carbons (Fsp3) is 0.667. The molecule has 0 bridgehead atoms. The van der Waals surface area contributed by atoms with Crippen LogP contribution in [-0.2, 0) is 7.05 Å². The third-order valence-corrected chi connectivity index (χ3v) is 2.53. The number of nitrogens with one attached hydrogen (secondary N) is 1. The average Bonchev–Trinajstić information content (AvgIpc) is 2.36. The number of nitrogen functional groups attached to an aromatic ring is 1. The maximum Gasteiger partial charge on any atom is 0.171 e. The fourth-order valence-electron chi connectivity index (χ4n) is 1.58. The summed E-state index contributed by atoms with van der Waals surface area (Å²) >= 11 is 0. The summed E-state index contributed by atoms with van der Waals surface area (Å²) in [5, 5.41) is 7.45. The summed E-state index contributed by atoms with van der Waals surface area (Å²) in [4.78, 5) is 2.41. The van der Waals surface area contributed by atoms with Crippen LogP contribution in [0.4, 0.5) is 11.5 Å². The predicted molar refractivity (Wildman–Crippen MR) is 57.2 cm³/mol. The average molecular weight is 195 g/mol. The summed E-state index contributed by atoms with van der Waals surface area (Å²) in [6.07, 6.45) is 3.15. The minimum atomic E-state index is 0.719. The lowest BCUT2D eigenvalue weighted by molar-refractivity contribution is 0.189. The summed E-state index contributed by atoms with van der Waals surface area (Å²) in [6, 6.07) is 0. The highest BCUT2D eigenvalue weighted by Crippen LogP contribution is 2.13. The minimum absolute atomic E-state index is 0.719. The SMILES string of the molecule is Cn1cc(N)c(NCCN2CCC2)n1. The topological polar surface area (TPSA) is 59.1 Å². The van der Waals surface area contributed by atoms with Crippen LogP contribution in [0.5, 0.6) is 0 Å². The van der Waals surface area contributed by atoms with Crippen LogP contribution in [0.1, 0.15) is 6.42 Å². The van der Waals surface area contributed by atoms with Gasteiger partial charge in [-0.15, -0.1) is 0 Å². The van der Waals surface area contributed by atoms with Crippen LogP contribution in [0.3, 0.4) is 0 Å². The van der Waals surface area contributed by atoms with E-state index in [1.54, 1.807) is 4.68 Å². The Bertz CT molecular complexity index is 302. The molecule has 0 unspecified atom stereocenters. The van der Waals surface area contributed by atoms with Crippen molar-refractivity contribution in [2.45, 2.75) is 6.42 Å². The van der Waals surface area contributed by atoms with E-state index in [2.05, 4.69) is 15.3 Å². The number of likely N-dealkylation sites (tertiary alicyclic amines) is 1.